The first-order valence-corrected chi connectivity index (χ1v) is 6.11. The van der Waals surface area contributed by atoms with Gasteiger partial charge in [0.05, 0.1) is 0 Å². The molecular weight excluding hydrogens is 266 g/mol. The van der Waals surface area contributed by atoms with E-state index in [9.17, 15) is 9.59 Å². The number of hydrogen-bond donors (Lipinski definition) is 2. The molecule has 1 amide bonds. The Morgan fingerprint density at radius 1 is 1.47 bits per heavy atom. The lowest BCUT2D eigenvalue weighted by molar-refractivity contribution is 0.0933. The van der Waals surface area contributed by atoms with Gasteiger partial charge < -0.3 is 15.6 Å². The van der Waals surface area contributed by atoms with Gasteiger partial charge in [0.1, 0.15) is 0 Å². The van der Waals surface area contributed by atoms with Crippen molar-refractivity contribution in [2.24, 2.45) is 18.7 Å². The van der Waals surface area contributed by atoms with Crippen LogP contribution < -0.4 is 16.6 Å². The monoisotopic (exact) mass is 287 g/mol. The van der Waals surface area contributed by atoms with E-state index in [1.807, 2.05) is 0 Å². The second-order valence-electron chi connectivity index (χ2n) is 4.90. The standard InChI is InChI=1S/C13H21N3O2.ClH/c1-9(2)6-11(8-14)15-13(18)10-4-5-16(3)12(17)7-10;/h4-5,7,9,11H,6,8,14H2,1-3H3,(H,15,18);1H. The number of carbonyl (C=O) groups is 1. The van der Waals surface area contributed by atoms with Crippen molar-refractivity contribution in [3.63, 3.8) is 0 Å². The molecule has 1 unspecified atom stereocenters. The summed E-state index contributed by atoms with van der Waals surface area (Å²) in [4.78, 5) is 23.4. The first-order chi connectivity index (χ1) is 8.43. The molecule has 0 aromatic carbocycles. The predicted octanol–water partition coefficient (Wildman–Crippen LogP) is 0.910. The molecule has 1 aromatic heterocycles. The van der Waals surface area contributed by atoms with Crippen LogP contribution in [0.4, 0.5) is 0 Å². The second kappa shape index (κ2) is 7.96. The molecule has 5 nitrogen and oxygen atoms in total. The maximum absolute atomic E-state index is 11.9. The van der Waals surface area contributed by atoms with E-state index >= 15 is 0 Å². The van der Waals surface area contributed by atoms with Crippen LogP contribution in [0.3, 0.4) is 0 Å². The highest BCUT2D eigenvalue weighted by Crippen LogP contribution is 2.04. The Morgan fingerprint density at radius 3 is 2.58 bits per heavy atom. The lowest BCUT2D eigenvalue weighted by atomic mass is 10.0. The minimum atomic E-state index is -0.246. The summed E-state index contributed by atoms with van der Waals surface area (Å²) in [6.07, 6.45) is 2.41. The molecular formula is C13H22ClN3O2. The fraction of sp³-hybridized carbons (Fsp3) is 0.538. The van der Waals surface area contributed by atoms with Crippen molar-refractivity contribution in [2.75, 3.05) is 6.54 Å². The van der Waals surface area contributed by atoms with E-state index in [-0.39, 0.29) is 29.9 Å². The number of aryl methyl sites for hydroxylation is 1. The first kappa shape index (κ1) is 17.7. The number of nitrogens with two attached hydrogens (primary N) is 1. The summed E-state index contributed by atoms with van der Waals surface area (Å²) in [5.41, 5.74) is 5.80. The van der Waals surface area contributed by atoms with Gasteiger partial charge in [0.2, 0.25) is 0 Å². The fourth-order valence-electron chi connectivity index (χ4n) is 1.74. The molecule has 108 valence electrons. The van der Waals surface area contributed by atoms with Gasteiger partial charge in [-0.2, -0.15) is 0 Å². The van der Waals surface area contributed by atoms with Gasteiger partial charge in [-0.05, 0) is 18.4 Å². The van der Waals surface area contributed by atoms with Crippen molar-refractivity contribution in [1.29, 1.82) is 0 Å². The molecule has 0 fully saturated rings. The average molecular weight is 288 g/mol. The summed E-state index contributed by atoms with van der Waals surface area (Å²) < 4.78 is 1.42. The van der Waals surface area contributed by atoms with E-state index in [1.165, 1.54) is 10.6 Å². The number of pyridine rings is 1. The average Bonchev–Trinajstić information content (AvgIpc) is 2.31. The number of halogens is 1. The van der Waals surface area contributed by atoms with Gasteiger partial charge in [0.15, 0.2) is 0 Å². The first-order valence-electron chi connectivity index (χ1n) is 6.11. The van der Waals surface area contributed by atoms with Crippen LogP contribution in [0, 0.1) is 5.92 Å². The SMILES string of the molecule is CC(C)CC(CN)NC(=O)c1ccn(C)c(=O)c1.Cl. The summed E-state index contributed by atoms with van der Waals surface area (Å²) in [5, 5.41) is 2.85. The number of amides is 1. The van der Waals surface area contributed by atoms with E-state index in [0.717, 1.165) is 6.42 Å². The smallest absolute Gasteiger partial charge is 0.251 e. The van der Waals surface area contributed by atoms with Gasteiger partial charge in [0, 0.05) is 37.5 Å². The highest BCUT2D eigenvalue weighted by Gasteiger charge is 2.14. The van der Waals surface area contributed by atoms with E-state index in [1.54, 1.807) is 19.3 Å². The van der Waals surface area contributed by atoms with Gasteiger partial charge in [-0.1, -0.05) is 13.8 Å². The molecule has 0 saturated carbocycles. The highest BCUT2D eigenvalue weighted by molar-refractivity contribution is 5.94. The summed E-state index contributed by atoms with van der Waals surface area (Å²) in [5.74, 6) is 0.214. The summed E-state index contributed by atoms with van der Waals surface area (Å²) in [6, 6.07) is 2.90. The number of carbonyl (C=O) groups excluding carboxylic acids is 1. The van der Waals surface area contributed by atoms with Crippen LogP contribution in [0.15, 0.2) is 23.1 Å². The minimum Gasteiger partial charge on any atom is -0.348 e. The zero-order chi connectivity index (χ0) is 13.7. The largest absolute Gasteiger partial charge is 0.348 e. The van der Waals surface area contributed by atoms with E-state index in [2.05, 4.69) is 19.2 Å². The Kier molecular flexibility index (Phi) is 7.41. The van der Waals surface area contributed by atoms with Crippen molar-refractivity contribution in [1.82, 2.24) is 9.88 Å². The summed E-state index contributed by atoms with van der Waals surface area (Å²) in [6.45, 7) is 4.55. The molecule has 1 rings (SSSR count). The molecule has 1 atom stereocenters. The van der Waals surface area contributed by atoms with Crippen LogP contribution in [0.1, 0.15) is 30.6 Å². The molecule has 0 aliphatic rings. The molecule has 1 heterocycles. The maximum atomic E-state index is 11.9. The molecule has 19 heavy (non-hydrogen) atoms. The number of hydrogen-bond acceptors (Lipinski definition) is 3. The lowest BCUT2D eigenvalue weighted by Gasteiger charge is -2.18. The quantitative estimate of drug-likeness (QED) is 0.845. The van der Waals surface area contributed by atoms with Gasteiger partial charge in [-0.3, -0.25) is 9.59 Å². The van der Waals surface area contributed by atoms with E-state index in [0.29, 0.717) is 18.0 Å². The van der Waals surface area contributed by atoms with Crippen molar-refractivity contribution < 1.29 is 4.79 Å². The van der Waals surface area contributed by atoms with Crippen molar-refractivity contribution in [2.45, 2.75) is 26.3 Å². The zero-order valence-electron chi connectivity index (χ0n) is 11.6. The van der Waals surface area contributed by atoms with Crippen molar-refractivity contribution >= 4 is 18.3 Å². The highest BCUT2D eigenvalue weighted by atomic mass is 35.5. The van der Waals surface area contributed by atoms with Crippen LogP contribution in [0.5, 0.6) is 0 Å². The Balaban J connectivity index is 0.00000324. The Bertz CT molecular complexity index is 471. The molecule has 6 heteroatoms. The second-order valence-corrected chi connectivity index (χ2v) is 4.90. The summed E-state index contributed by atoms with van der Waals surface area (Å²) >= 11 is 0. The lowest BCUT2D eigenvalue weighted by Crippen LogP contribution is -2.41. The number of aromatic nitrogens is 1. The molecule has 0 radical (unpaired) electrons. The Labute approximate surface area is 119 Å². The third kappa shape index (κ3) is 5.44. The molecule has 0 spiro atoms. The van der Waals surface area contributed by atoms with Crippen LogP contribution >= 0.6 is 12.4 Å². The molecule has 3 N–H and O–H groups in total. The van der Waals surface area contributed by atoms with Crippen molar-refractivity contribution in [3.8, 4) is 0 Å². The molecule has 1 aromatic rings. The normalized spacial score (nSPS) is 11.8. The number of nitrogens with zero attached hydrogens (tertiary/aromatic N) is 1. The third-order valence-corrected chi connectivity index (χ3v) is 2.74. The van der Waals surface area contributed by atoms with E-state index in [4.69, 9.17) is 5.73 Å². The zero-order valence-corrected chi connectivity index (χ0v) is 12.4. The van der Waals surface area contributed by atoms with Gasteiger partial charge in [0.25, 0.3) is 11.5 Å². The molecule has 0 saturated heterocycles. The topological polar surface area (TPSA) is 77.1 Å². The number of nitrogens with one attached hydrogen (secondary N) is 1. The van der Waals surface area contributed by atoms with Gasteiger partial charge in [-0.25, -0.2) is 0 Å². The Morgan fingerprint density at radius 2 is 2.11 bits per heavy atom. The van der Waals surface area contributed by atoms with Gasteiger partial charge in [-0.15, -0.1) is 12.4 Å². The van der Waals surface area contributed by atoms with Crippen LogP contribution in [-0.4, -0.2) is 23.1 Å². The number of rotatable bonds is 5. The predicted molar refractivity (Wildman–Crippen MR) is 78.7 cm³/mol. The third-order valence-electron chi connectivity index (χ3n) is 2.74. The van der Waals surface area contributed by atoms with Crippen LogP contribution in [-0.2, 0) is 7.05 Å². The van der Waals surface area contributed by atoms with Crippen LogP contribution in [0.2, 0.25) is 0 Å². The molecule has 0 bridgehead atoms. The summed E-state index contributed by atoms with van der Waals surface area (Å²) in [7, 11) is 1.64. The van der Waals surface area contributed by atoms with E-state index < -0.39 is 0 Å². The molecule has 0 aliphatic heterocycles. The van der Waals surface area contributed by atoms with Gasteiger partial charge >= 0.3 is 0 Å². The maximum Gasteiger partial charge on any atom is 0.251 e. The fourth-order valence-corrected chi connectivity index (χ4v) is 1.74. The Hall–Kier alpha value is -1.33. The molecule has 0 aliphatic carbocycles. The van der Waals surface area contributed by atoms with Crippen LogP contribution in [0.25, 0.3) is 0 Å². The minimum absolute atomic E-state index is 0. The van der Waals surface area contributed by atoms with Crippen molar-refractivity contribution in [3.05, 3.63) is 34.2 Å².